The molecule has 0 spiro atoms. The molecule has 0 bridgehead atoms. The largest absolute Gasteiger partial charge is 0.325 e. The van der Waals surface area contributed by atoms with Crippen molar-refractivity contribution in [3.8, 4) is 0 Å². The number of benzene rings is 3. The van der Waals surface area contributed by atoms with Crippen LogP contribution in [-0.2, 0) is 21.2 Å². The maximum absolute atomic E-state index is 13.3. The number of rotatable bonds is 7. The van der Waals surface area contributed by atoms with Crippen molar-refractivity contribution in [3.63, 3.8) is 0 Å². The molecule has 0 aromatic heterocycles. The van der Waals surface area contributed by atoms with Crippen molar-refractivity contribution in [1.29, 1.82) is 0 Å². The number of anilines is 1. The molecule has 0 heterocycles. The van der Waals surface area contributed by atoms with Crippen molar-refractivity contribution >= 4 is 21.6 Å². The van der Waals surface area contributed by atoms with Gasteiger partial charge >= 0.3 is 0 Å². The number of para-hydroxylation sites is 1. The van der Waals surface area contributed by atoms with Crippen LogP contribution >= 0.6 is 0 Å². The van der Waals surface area contributed by atoms with E-state index in [2.05, 4.69) is 10.0 Å². The Bertz CT molecular complexity index is 1100. The van der Waals surface area contributed by atoms with Crippen LogP contribution in [0.1, 0.15) is 22.3 Å². The van der Waals surface area contributed by atoms with Crippen molar-refractivity contribution in [2.75, 3.05) is 5.32 Å². The van der Waals surface area contributed by atoms with Gasteiger partial charge in [-0.2, -0.15) is 4.72 Å². The summed E-state index contributed by atoms with van der Waals surface area (Å²) in [5, 5.41) is 2.81. The number of hydrogen-bond donors (Lipinski definition) is 2. The molecule has 0 saturated heterocycles. The molecule has 6 heteroatoms. The number of nitrogens with one attached hydrogen (secondary N) is 2. The number of carbonyl (C=O) groups is 1. The predicted octanol–water partition coefficient (Wildman–Crippen LogP) is 4.14. The molecule has 2 N–H and O–H groups in total. The lowest BCUT2D eigenvalue weighted by Gasteiger charge is -2.20. The van der Waals surface area contributed by atoms with Crippen LogP contribution in [0.5, 0.6) is 0 Å². The van der Waals surface area contributed by atoms with Gasteiger partial charge in [0.2, 0.25) is 15.9 Å². The Labute approximate surface area is 178 Å². The highest BCUT2D eigenvalue weighted by Gasteiger charge is 2.28. The highest BCUT2D eigenvalue weighted by atomic mass is 32.2. The van der Waals surface area contributed by atoms with E-state index in [1.165, 1.54) is 0 Å². The lowest BCUT2D eigenvalue weighted by atomic mass is 10.1. The molecular weight excluding hydrogens is 396 g/mol. The zero-order chi connectivity index (χ0) is 21.7. The van der Waals surface area contributed by atoms with E-state index in [0.717, 1.165) is 11.1 Å². The molecular formula is C24H26N2O3S. The summed E-state index contributed by atoms with van der Waals surface area (Å²) in [5.74, 6) is -0.406. The molecule has 0 saturated carbocycles. The fourth-order valence-electron chi connectivity index (χ4n) is 3.63. The smallest absolute Gasteiger partial charge is 0.242 e. The molecule has 1 unspecified atom stereocenters. The number of hydrogen-bond acceptors (Lipinski definition) is 3. The van der Waals surface area contributed by atoms with Crippen molar-refractivity contribution in [2.24, 2.45) is 0 Å². The van der Waals surface area contributed by atoms with Crippen LogP contribution in [0.2, 0.25) is 0 Å². The van der Waals surface area contributed by atoms with E-state index >= 15 is 0 Å². The van der Waals surface area contributed by atoms with Gasteiger partial charge in [0, 0.05) is 5.69 Å². The van der Waals surface area contributed by atoms with Crippen LogP contribution in [0.4, 0.5) is 5.69 Å². The van der Waals surface area contributed by atoms with E-state index in [1.54, 1.807) is 26.0 Å². The molecule has 3 aromatic carbocycles. The summed E-state index contributed by atoms with van der Waals surface area (Å²) >= 11 is 0. The Hall–Kier alpha value is -2.96. The lowest BCUT2D eigenvalue weighted by molar-refractivity contribution is -0.117. The van der Waals surface area contributed by atoms with E-state index < -0.39 is 22.0 Å². The Morgan fingerprint density at radius 1 is 0.867 bits per heavy atom. The number of carbonyl (C=O) groups excluding carboxylic acids is 1. The lowest BCUT2D eigenvalue weighted by Crippen LogP contribution is -2.45. The van der Waals surface area contributed by atoms with E-state index in [0.29, 0.717) is 16.8 Å². The van der Waals surface area contributed by atoms with Crippen LogP contribution in [-0.4, -0.2) is 20.4 Å². The zero-order valence-electron chi connectivity index (χ0n) is 17.3. The van der Waals surface area contributed by atoms with Gasteiger partial charge in [-0.1, -0.05) is 66.2 Å². The van der Waals surface area contributed by atoms with E-state index in [-0.39, 0.29) is 11.3 Å². The summed E-state index contributed by atoms with van der Waals surface area (Å²) in [6.45, 7) is 5.46. The van der Waals surface area contributed by atoms with Gasteiger partial charge in [0.25, 0.3) is 0 Å². The van der Waals surface area contributed by atoms with Gasteiger partial charge in [-0.3, -0.25) is 4.79 Å². The fraction of sp³-hybridized carbons (Fsp3) is 0.208. The van der Waals surface area contributed by atoms with Crippen molar-refractivity contribution in [2.45, 2.75) is 38.1 Å². The Kier molecular flexibility index (Phi) is 6.70. The molecule has 0 fully saturated rings. The number of amides is 1. The zero-order valence-corrected chi connectivity index (χ0v) is 18.2. The van der Waals surface area contributed by atoms with Crippen LogP contribution in [0.3, 0.4) is 0 Å². The Balaban J connectivity index is 1.92. The third-order valence-corrected chi connectivity index (χ3v) is 6.59. The van der Waals surface area contributed by atoms with Crippen LogP contribution in [0, 0.1) is 20.8 Å². The average Bonchev–Trinajstić information content (AvgIpc) is 2.68. The van der Waals surface area contributed by atoms with Gasteiger partial charge in [-0.05, 0) is 56.0 Å². The predicted molar refractivity (Wildman–Crippen MR) is 120 cm³/mol. The van der Waals surface area contributed by atoms with Gasteiger partial charge in [0.15, 0.2) is 0 Å². The molecule has 3 rings (SSSR count). The van der Waals surface area contributed by atoms with Gasteiger partial charge < -0.3 is 5.32 Å². The minimum atomic E-state index is -3.91. The maximum Gasteiger partial charge on any atom is 0.242 e. The molecule has 156 valence electrons. The number of sulfonamides is 1. The van der Waals surface area contributed by atoms with Crippen LogP contribution in [0.25, 0.3) is 0 Å². The molecule has 0 aliphatic carbocycles. The normalized spacial score (nSPS) is 12.4. The minimum absolute atomic E-state index is 0.221. The molecule has 0 aliphatic rings. The maximum atomic E-state index is 13.3. The van der Waals surface area contributed by atoms with E-state index in [9.17, 15) is 13.2 Å². The van der Waals surface area contributed by atoms with Gasteiger partial charge in [-0.15, -0.1) is 0 Å². The monoisotopic (exact) mass is 422 g/mol. The van der Waals surface area contributed by atoms with E-state index in [4.69, 9.17) is 0 Å². The van der Waals surface area contributed by atoms with Gasteiger partial charge in [0.1, 0.15) is 6.04 Å². The Morgan fingerprint density at radius 2 is 1.40 bits per heavy atom. The SMILES string of the molecule is Cc1cc(C)c(S(=O)(=O)NC(Cc2ccccc2)C(=O)Nc2ccccc2)c(C)c1. The van der Waals surface area contributed by atoms with Crippen LogP contribution in [0.15, 0.2) is 77.7 Å². The minimum Gasteiger partial charge on any atom is -0.325 e. The topological polar surface area (TPSA) is 75.3 Å². The molecule has 0 aliphatic heterocycles. The highest BCUT2D eigenvalue weighted by molar-refractivity contribution is 7.89. The molecule has 1 atom stereocenters. The summed E-state index contributed by atoms with van der Waals surface area (Å²) in [5.41, 5.74) is 3.78. The highest BCUT2D eigenvalue weighted by Crippen LogP contribution is 2.22. The van der Waals surface area contributed by atoms with Crippen molar-refractivity contribution in [3.05, 3.63) is 95.1 Å². The molecule has 1 amide bonds. The molecule has 5 nitrogen and oxygen atoms in total. The van der Waals surface area contributed by atoms with Gasteiger partial charge in [0.05, 0.1) is 4.90 Å². The molecule has 30 heavy (non-hydrogen) atoms. The third kappa shape index (κ3) is 5.34. The second-order valence-corrected chi connectivity index (χ2v) is 9.10. The first-order valence-electron chi connectivity index (χ1n) is 9.76. The standard InChI is InChI=1S/C24H26N2O3S/c1-17-14-18(2)23(19(3)15-17)30(28,29)26-22(16-20-10-6-4-7-11-20)24(27)25-21-12-8-5-9-13-21/h4-15,22,26H,16H2,1-3H3,(H,25,27). The first-order chi connectivity index (χ1) is 14.3. The quantitative estimate of drug-likeness (QED) is 0.601. The van der Waals surface area contributed by atoms with Crippen molar-refractivity contribution in [1.82, 2.24) is 4.72 Å². The van der Waals surface area contributed by atoms with Crippen LogP contribution < -0.4 is 10.0 Å². The molecule has 3 aromatic rings. The number of aryl methyl sites for hydroxylation is 3. The third-order valence-electron chi connectivity index (χ3n) is 4.81. The first-order valence-corrected chi connectivity index (χ1v) is 11.2. The second kappa shape index (κ2) is 9.24. The second-order valence-electron chi connectivity index (χ2n) is 7.45. The summed E-state index contributed by atoms with van der Waals surface area (Å²) < 4.78 is 29.1. The summed E-state index contributed by atoms with van der Waals surface area (Å²) in [6, 6.07) is 21.1. The summed E-state index contributed by atoms with van der Waals surface area (Å²) in [6.07, 6.45) is 0.239. The van der Waals surface area contributed by atoms with Gasteiger partial charge in [-0.25, -0.2) is 8.42 Å². The Morgan fingerprint density at radius 3 is 1.97 bits per heavy atom. The molecule has 0 radical (unpaired) electrons. The fourth-order valence-corrected chi connectivity index (χ4v) is 5.27. The summed E-state index contributed by atoms with van der Waals surface area (Å²) in [4.78, 5) is 13.2. The van der Waals surface area contributed by atoms with E-state index in [1.807, 2.05) is 67.6 Å². The average molecular weight is 423 g/mol. The van der Waals surface area contributed by atoms with Crippen molar-refractivity contribution < 1.29 is 13.2 Å². The summed E-state index contributed by atoms with van der Waals surface area (Å²) in [7, 11) is -3.91. The first kappa shape index (κ1) is 21.7.